The minimum Gasteiger partial charge on any atom is -0.387 e. The third kappa shape index (κ3) is 4.68. The molecule has 0 aliphatic carbocycles. The monoisotopic (exact) mass is 437 g/mol. The van der Waals surface area contributed by atoms with Crippen molar-refractivity contribution in [2.75, 3.05) is 12.3 Å². The van der Waals surface area contributed by atoms with Gasteiger partial charge in [-0.2, -0.15) is 9.29 Å². The molecule has 7 N–H and O–H groups in total. The predicted molar refractivity (Wildman–Crippen MR) is 82.5 cm³/mol. The van der Waals surface area contributed by atoms with Crippen LogP contribution in [0.2, 0.25) is 0 Å². The fraction of sp³-hybridized carbons (Fsp3) is 0.556. The second kappa shape index (κ2) is 7.26. The molecule has 1 aliphatic rings. The lowest BCUT2D eigenvalue weighted by Gasteiger charge is -2.26. The molecule has 0 bridgehead atoms. The number of nitrogens with two attached hydrogens (primary N) is 1. The quantitative estimate of drug-likeness (QED) is 0.210. The van der Waals surface area contributed by atoms with E-state index < -0.39 is 51.4 Å². The number of alkyl halides is 1. The van der Waals surface area contributed by atoms with Crippen LogP contribution < -0.4 is 11.4 Å². The minimum absolute atomic E-state index is 0.143. The first-order valence-electron chi connectivity index (χ1n) is 6.58. The van der Waals surface area contributed by atoms with Gasteiger partial charge in [-0.3, -0.25) is 9.09 Å². The van der Waals surface area contributed by atoms with Crippen molar-refractivity contribution in [3.63, 3.8) is 0 Å². The number of anilines is 1. The Kier molecular flexibility index (Phi) is 5.98. The van der Waals surface area contributed by atoms with E-state index in [1.807, 2.05) is 0 Å². The van der Waals surface area contributed by atoms with Crippen LogP contribution in [-0.4, -0.2) is 59.4 Å². The third-order valence-electron chi connectivity index (χ3n) is 3.15. The normalized spacial score (nSPS) is 31.7. The minimum atomic E-state index is -5.34. The van der Waals surface area contributed by atoms with Gasteiger partial charge in [0.15, 0.2) is 0 Å². The number of aliphatic hydroxyl groups is 2. The Balaban J connectivity index is 2.18. The lowest BCUT2D eigenvalue weighted by atomic mass is 10.1. The number of nitrogens with zero attached hydrogens (tertiary/aromatic N) is 2. The van der Waals surface area contributed by atoms with E-state index in [9.17, 15) is 29.0 Å². The van der Waals surface area contributed by atoms with Crippen molar-refractivity contribution in [1.82, 2.24) is 9.55 Å². The Hall–Kier alpha value is -0.890. The van der Waals surface area contributed by atoms with E-state index >= 15 is 0 Å². The Morgan fingerprint density at radius 3 is 2.54 bits per heavy atom. The summed E-state index contributed by atoms with van der Waals surface area (Å²) in [6, 6.07) is 1.16. The van der Waals surface area contributed by atoms with Crippen LogP contribution in [-0.2, 0) is 27.9 Å². The number of nitrogen functional groups attached to an aromatic ring is 1. The van der Waals surface area contributed by atoms with Gasteiger partial charge in [0.25, 0.3) is 5.18 Å². The SMILES string of the molecule is Nc1ccn([C@]2(Cl)O[C@H](COP(=O)(O)OP(=O)(O)O)[C@@H](O)[C@H]2O)c(=O)n1. The van der Waals surface area contributed by atoms with Crippen molar-refractivity contribution in [2.45, 2.75) is 23.5 Å². The molecule has 2 heterocycles. The molecule has 1 fully saturated rings. The van der Waals surface area contributed by atoms with Crippen LogP contribution in [0.4, 0.5) is 5.82 Å². The smallest absolute Gasteiger partial charge is 0.387 e. The average Bonchev–Trinajstić information content (AvgIpc) is 2.68. The summed E-state index contributed by atoms with van der Waals surface area (Å²) in [6.07, 6.45) is -4.27. The number of hydrogen-bond donors (Lipinski definition) is 6. The first-order valence-corrected chi connectivity index (χ1v) is 9.98. The molecule has 5 atom stereocenters. The van der Waals surface area contributed by atoms with E-state index in [1.165, 1.54) is 0 Å². The number of aliphatic hydroxyl groups excluding tert-OH is 2. The maximum absolute atomic E-state index is 11.9. The van der Waals surface area contributed by atoms with E-state index in [2.05, 4.69) is 13.8 Å². The molecule has 17 heteroatoms. The highest BCUT2D eigenvalue weighted by atomic mass is 35.5. The number of phosphoric ester groups is 1. The molecule has 0 spiro atoms. The summed E-state index contributed by atoms with van der Waals surface area (Å²) < 4.78 is 35.6. The Bertz CT molecular complexity index is 829. The molecule has 1 unspecified atom stereocenters. The summed E-state index contributed by atoms with van der Waals surface area (Å²) >= 11 is 6.06. The summed E-state index contributed by atoms with van der Waals surface area (Å²) in [5.74, 6) is -0.143. The van der Waals surface area contributed by atoms with Gasteiger partial charge in [-0.25, -0.2) is 13.9 Å². The zero-order valence-corrected chi connectivity index (χ0v) is 15.1. The zero-order chi connectivity index (χ0) is 19.9. The largest absolute Gasteiger partial charge is 0.481 e. The number of ether oxygens (including phenoxy) is 1. The Morgan fingerprint density at radius 1 is 1.38 bits per heavy atom. The molecule has 0 amide bonds. The van der Waals surface area contributed by atoms with E-state index in [1.54, 1.807) is 0 Å². The molecule has 1 aliphatic heterocycles. The molecule has 14 nitrogen and oxygen atoms in total. The number of hydrogen-bond acceptors (Lipinski definition) is 10. The molecular formula is C9H14ClN3O11P2. The lowest BCUT2D eigenvalue weighted by molar-refractivity contribution is -0.0874. The fourth-order valence-electron chi connectivity index (χ4n) is 2.07. The van der Waals surface area contributed by atoms with E-state index in [-0.39, 0.29) is 5.82 Å². The van der Waals surface area contributed by atoms with Crippen LogP contribution in [0.1, 0.15) is 0 Å². The molecule has 1 saturated heterocycles. The molecule has 148 valence electrons. The van der Waals surface area contributed by atoms with Crippen LogP contribution in [0, 0.1) is 0 Å². The standard InChI is InChI=1S/C9H14ClN3O11P2/c10-9(13-2-1-5(11)12-8(13)16)7(15)6(14)4(23-9)3-22-26(20,21)24-25(17,18)19/h1-2,4,6-7,14-15H,3H2,(H,20,21)(H2,11,12,16)(H2,17,18,19)/t4-,6-,7-,9+/m1/s1. The van der Waals surface area contributed by atoms with E-state index in [0.717, 1.165) is 12.3 Å². The number of halogens is 1. The predicted octanol–water partition coefficient (Wildman–Crippen LogP) is -1.98. The average molecular weight is 438 g/mol. The summed E-state index contributed by atoms with van der Waals surface area (Å²) in [5, 5.41) is 17.7. The maximum atomic E-state index is 11.9. The van der Waals surface area contributed by atoms with Crippen molar-refractivity contribution in [1.29, 1.82) is 0 Å². The highest BCUT2D eigenvalue weighted by Gasteiger charge is 2.56. The summed E-state index contributed by atoms with van der Waals surface area (Å²) in [6.45, 7) is -0.975. The molecule has 0 saturated carbocycles. The van der Waals surface area contributed by atoms with Crippen molar-refractivity contribution in [2.24, 2.45) is 0 Å². The van der Waals surface area contributed by atoms with Gasteiger partial charge in [-0.1, -0.05) is 11.6 Å². The first kappa shape index (κ1) is 21.4. The van der Waals surface area contributed by atoms with E-state index in [0.29, 0.717) is 4.57 Å². The summed E-state index contributed by atoms with van der Waals surface area (Å²) in [5.41, 5.74) is 4.31. The second-order valence-electron chi connectivity index (χ2n) is 5.04. The van der Waals surface area contributed by atoms with Crippen molar-refractivity contribution < 1.29 is 47.6 Å². The van der Waals surface area contributed by atoms with Gasteiger partial charge < -0.3 is 35.4 Å². The van der Waals surface area contributed by atoms with Crippen molar-refractivity contribution in [3.8, 4) is 0 Å². The van der Waals surface area contributed by atoms with Gasteiger partial charge in [-0.15, -0.1) is 0 Å². The van der Waals surface area contributed by atoms with Gasteiger partial charge in [0.05, 0.1) is 6.61 Å². The number of phosphoric acid groups is 2. The molecule has 2 rings (SSSR count). The van der Waals surface area contributed by atoms with Gasteiger partial charge in [-0.05, 0) is 6.07 Å². The van der Waals surface area contributed by atoms with Crippen LogP contribution in [0.5, 0.6) is 0 Å². The van der Waals surface area contributed by atoms with Gasteiger partial charge in [0.2, 0.25) is 0 Å². The van der Waals surface area contributed by atoms with E-state index in [4.69, 9.17) is 31.9 Å². The zero-order valence-electron chi connectivity index (χ0n) is 12.5. The Morgan fingerprint density at radius 2 is 2.00 bits per heavy atom. The maximum Gasteiger partial charge on any atom is 0.481 e. The van der Waals surface area contributed by atoms with Gasteiger partial charge >= 0.3 is 21.3 Å². The summed E-state index contributed by atoms with van der Waals surface area (Å²) in [7, 11) is -10.6. The van der Waals surface area contributed by atoms with Crippen molar-refractivity contribution in [3.05, 3.63) is 22.7 Å². The molecular weight excluding hydrogens is 424 g/mol. The second-order valence-corrected chi connectivity index (χ2v) is 8.41. The topological polar surface area (TPSA) is 224 Å². The fourth-order valence-corrected chi connectivity index (χ4v) is 4.04. The lowest BCUT2D eigenvalue weighted by Crippen LogP contribution is -2.46. The van der Waals surface area contributed by atoms with Gasteiger partial charge in [0, 0.05) is 6.20 Å². The number of aromatic nitrogens is 2. The molecule has 0 radical (unpaired) electrons. The molecule has 1 aromatic rings. The summed E-state index contributed by atoms with van der Waals surface area (Å²) in [4.78, 5) is 41.4. The van der Waals surface area contributed by atoms with Crippen LogP contribution in [0.25, 0.3) is 0 Å². The highest BCUT2D eigenvalue weighted by molar-refractivity contribution is 7.60. The van der Waals surface area contributed by atoms with Gasteiger partial charge in [0.1, 0.15) is 24.1 Å². The molecule has 0 aromatic carbocycles. The highest BCUT2D eigenvalue weighted by Crippen LogP contribution is 2.57. The first-order chi connectivity index (χ1) is 11.8. The third-order valence-corrected chi connectivity index (χ3v) is 5.80. The Labute approximate surface area is 149 Å². The molecule has 26 heavy (non-hydrogen) atoms. The van der Waals surface area contributed by atoms with Crippen LogP contribution >= 0.6 is 27.2 Å². The van der Waals surface area contributed by atoms with Crippen LogP contribution in [0.15, 0.2) is 17.1 Å². The van der Waals surface area contributed by atoms with Crippen molar-refractivity contribution >= 4 is 33.1 Å². The molecule has 1 aromatic heterocycles. The number of rotatable bonds is 6. The van der Waals surface area contributed by atoms with Crippen LogP contribution in [0.3, 0.4) is 0 Å².